The van der Waals surface area contributed by atoms with Gasteiger partial charge in [-0.15, -0.1) is 10.2 Å². The van der Waals surface area contributed by atoms with Crippen molar-refractivity contribution in [3.63, 3.8) is 0 Å². The molecule has 0 bridgehead atoms. The Labute approximate surface area is 179 Å². The zero-order chi connectivity index (χ0) is 20.8. The van der Waals surface area contributed by atoms with Gasteiger partial charge in [0.15, 0.2) is 0 Å². The van der Waals surface area contributed by atoms with Gasteiger partial charge in [-0.2, -0.15) is 0 Å². The Balaban J connectivity index is 1.23. The van der Waals surface area contributed by atoms with Crippen molar-refractivity contribution in [1.82, 2.24) is 25.1 Å². The Bertz CT molecular complexity index is 927. The molecule has 156 valence electrons. The highest BCUT2D eigenvalue weighted by Gasteiger charge is 2.19. The molecule has 4 rings (SSSR count). The van der Waals surface area contributed by atoms with E-state index >= 15 is 0 Å². The quantitative estimate of drug-likeness (QED) is 0.596. The van der Waals surface area contributed by atoms with E-state index in [1.807, 2.05) is 24.4 Å². The van der Waals surface area contributed by atoms with Crippen molar-refractivity contribution in [3.05, 3.63) is 53.8 Å². The number of hydrogen-bond donors (Lipinski definition) is 2. The monoisotopic (exact) mass is 424 g/mol. The number of hydrogen-bond acceptors (Lipinski definition) is 9. The number of nitrogens with zero attached hydrogens (tertiary/aromatic N) is 6. The fraction of sp³-hybridized carbons (Fsp3) is 0.350. The first kappa shape index (κ1) is 20.2. The molecule has 1 saturated heterocycles. The second-order valence-electron chi connectivity index (χ2n) is 7.15. The molecule has 4 heterocycles. The van der Waals surface area contributed by atoms with Gasteiger partial charge in [0.2, 0.25) is 5.13 Å². The van der Waals surface area contributed by atoms with Gasteiger partial charge in [0, 0.05) is 51.2 Å². The molecular formula is C20H24N8OS. The summed E-state index contributed by atoms with van der Waals surface area (Å²) in [5.74, 6) is 1.55. The zero-order valence-corrected chi connectivity index (χ0v) is 17.5. The minimum absolute atomic E-state index is 0.236. The minimum atomic E-state index is -0.246. The van der Waals surface area contributed by atoms with E-state index in [2.05, 4.69) is 53.6 Å². The molecule has 2 N–H and O–H groups in total. The van der Waals surface area contributed by atoms with Crippen LogP contribution in [0.15, 0.2) is 48.2 Å². The van der Waals surface area contributed by atoms with Crippen LogP contribution in [0.3, 0.4) is 0 Å². The average Bonchev–Trinajstić information content (AvgIpc) is 3.28. The zero-order valence-electron chi connectivity index (χ0n) is 16.7. The molecule has 10 heteroatoms. The van der Waals surface area contributed by atoms with Gasteiger partial charge in [-0.3, -0.25) is 15.0 Å². The normalized spacial score (nSPS) is 15.6. The lowest BCUT2D eigenvalue weighted by Crippen LogP contribution is -2.49. The molecule has 0 radical (unpaired) electrons. The molecule has 0 spiro atoms. The molecule has 1 atom stereocenters. The molecule has 0 aliphatic carbocycles. The third-order valence-electron chi connectivity index (χ3n) is 4.88. The Morgan fingerprint density at radius 1 is 1.17 bits per heavy atom. The number of aromatic nitrogens is 4. The lowest BCUT2D eigenvalue weighted by Gasteiger charge is -2.36. The maximum Gasteiger partial charge on any atom is 0.259 e. The van der Waals surface area contributed by atoms with Gasteiger partial charge in [0.1, 0.15) is 17.1 Å². The molecule has 1 amide bonds. The highest BCUT2D eigenvalue weighted by atomic mass is 32.1. The van der Waals surface area contributed by atoms with E-state index < -0.39 is 0 Å². The summed E-state index contributed by atoms with van der Waals surface area (Å²) in [5.41, 5.74) is 2.05. The van der Waals surface area contributed by atoms with Crippen LogP contribution in [0.2, 0.25) is 0 Å². The van der Waals surface area contributed by atoms with E-state index in [-0.39, 0.29) is 11.9 Å². The summed E-state index contributed by atoms with van der Waals surface area (Å²) >= 11 is 1.27. The number of amides is 1. The first-order valence-corrected chi connectivity index (χ1v) is 10.7. The molecule has 1 unspecified atom stereocenters. The fourth-order valence-electron chi connectivity index (χ4n) is 3.40. The van der Waals surface area contributed by atoms with Crippen LogP contribution in [-0.2, 0) is 0 Å². The van der Waals surface area contributed by atoms with Crippen molar-refractivity contribution in [2.45, 2.75) is 13.0 Å². The predicted octanol–water partition coefficient (Wildman–Crippen LogP) is 2.20. The topological polar surface area (TPSA) is 99.2 Å². The second-order valence-corrected chi connectivity index (χ2v) is 7.98. The minimum Gasteiger partial charge on any atom is -0.366 e. The number of carbonyl (C=O) groups excluding carboxylic acids is 1. The van der Waals surface area contributed by atoms with Crippen molar-refractivity contribution in [2.24, 2.45) is 0 Å². The smallest absolute Gasteiger partial charge is 0.259 e. The van der Waals surface area contributed by atoms with Crippen molar-refractivity contribution in [3.8, 4) is 0 Å². The second kappa shape index (κ2) is 9.59. The summed E-state index contributed by atoms with van der Waals surface area (Å²) in [4.78, 5) is 25.8. The molecule has 1 aliphatic rings. The third kappa shape index (κ3) is 5.28. The van der Waals surface area contributed by atoms with Gasteiger partial charge in [-0.05, 0) is 31.2 Å². The predicted molar refractivity (Wildman–Crippen MR) is 118 cm³/mol. The van der Waals surface area contributed by atoms with Crippen LogP contribution < -0.4 is 15.5 Å². The largest absolute Gasteiger partial charge is 0.366 e. The number of anilines is 3. The first-order valence-electron chi connectivity index (χ1n) is 9.86. The summed E-state index contributed by atoms with van der Waals surface area (Å²) in [6.45, 7) is 7.02. The highest BCUT2D eigenvalue weighted by molar-refractivity contribution is 7.13. The molecule has 30 heavy (non-hydrogen) atoms. The number of nitrogens with one attached hydrogen (secondary N) is 2. The summed E-state index contributed by atoms with van der Waals surface area (Å²) in [6.07, 6.45) is 3.41. The maximum atomic E-state index is 12.2. The summed E-state index contributed by atoms with van der Waals surface area (Å²) in [5, 5.41) is 14.1. The Kier molecular flexibility index (Phi) is 6.45. The van der Waals surface area contributed by atoms with Crippen LogP contribution in [0.5, 0.6) is 0 Å². The van der Waals surface area contributed by atoms with Crippen molar-refractivity contribution < 1.29 is 4.79 Å². The molecule has 9 nitrogen and oxygen atoms in total. The van der Waals surface area contributed by atoms with Crippen LogP contribution in [0.1, 0.15) is 17.3 Å². The molecule has 0 aromatic carbocycles. The van der Waals surface area contributed by atoms with E-state index in [1.54, 1.807) is 17.8 Å². The van der Waals surface area contributed by atoms with E-state index in [0.717, 1.165) is 44.4 Å². The van der Waals surface area contributed by atoms with Gasteiger partial charge in [-0.25, -0.2) is 9.97 Å². The first-order chi connectivity index (χ1) is 14.7. The van der Waals surface area contributed by atoms with E-state index in [1.165, 1.54) is 11.3 Å². The molecule has 0 saturated carbocycles. The van der Waals surface area contributed by atoms with E-state index in [9.17, 15) is 4.79 Å². The number of piperazine rings is 1. The number of rotatable bonds is 7. The van der Waals surface area contributed by atoms with E-state index in [0.29, 0.717) is 10.7 Å². The lowest BCUT2D eigenvalue weighted by molar-refractivity contribution is 0.102. The maximum absolute atomic E-state index is 12.2. The SMILES string of the molecule is CC(CN1CCN(c2ccccn2)CC1)Nc1ccc(C(=O)Nc2nncs2)cn1. The number of carbonyl (C=O) groups is 1. The van der Waals surface area contributed by atoms with Crippen molar-refractivity contribution in [1.29, 1.82) is 0 Å². The number of pyridine rings is 2. The fourth-order valence-corrected chi connectivity index (χ4v) is 3.84. The summed E-state index contributed by atoms with van der Waals surface area (Å²) in [7, 11) is 0. The Morgan fingerprint density at radius 3 is 2.70 bits per heavy atom. The van der Waals surface area contributed by atoms with Gasteiger partial charge in [0.25, 0.3) is 5.91 Å². The Morgan fingerprint density at radius 2 is 2.03 bits per heavy atom. The molecule has 1 fully saturated rings. The van der Waals surface area contributed by atoms with Gasteiger partial charge >= 0.3 is 0 Å². The van der Waals surface area contributed by atoms with Crippen molar-refractivity contribution >= 4 is 34.0 Å². The van der Waals surface area contributed by atoms with Crippen LogP contribution in [0.4, 0.5) is 16.8 Å². The van der Waals surface area contributed by atoms with Gasteiger partial charge in [0.05, 0.1) is 5.56 Å². The van der Waals surface area contributed by atoms with Crippen LogP contribution >= 0.6 is 11.3 Å². The average molecular weight is 425 g/mol. The van der Waals surface area contributed by atoms with E-state index in [4.69, 9.17) is 0 Å². The van der Waals surface area contributed by atoms with Crippen LogP contribution in [0, 0.1) is 0 Å². The van der Waals surface area contributed by atoms with Crippen LogP contribution in [-0.4, -0.2) is 69.7 Å². The van der Waals surface area contributed by atoms with Gasteiger partial charge in [-0.1, -0.05) is 17.4 Å². The summed E-state index contributed by atoms with van der Waals surface area (Å²) in [6, 6.07) is 9.84. The summed E-state index contributed by atoms with van der Waals surface area (Å²) < 4.78 is 0. The molecule has 1 aliphatic heterocycles. The van der Waals surface area contributed by atoms with Gasteiger partial charge < -0.3 is 10.2 Å². The Hall–Kier alpha value is -3.11. The standard InChI is InChI=1S/C20H24N8OS/c1-15(13-27-8-10-28(11-9-27)18-4-2-3-7-21-18)24-17-6-5-16(12-22-17)19(29)25-20-26-23-14-30-20/h2-7,12,14-15H,8-11,13H2,1H3,(H,22,24)(H,25,26,29). The van der Waals surface area contributed by atoms with Crippen LogP contribution in [0.25, 0.3) is 0 Å². The lowest BCUT2D eigenvalue weighted by atomic mass is 10.2. The highest BCUT2D eigenvalue weighted by Crippen LogP contribution is 2.14. The molecular weight excluding hydrogens is 400 g/mol. The van der Waals surface area contributed by atoms with Crippen molar-refractivity contribution in [2.75, 3.05) is 48.3 Å². The molecule has 3 aromatic heterocycles. The third-order valence-corrected chi connectivity index (χ3v) is 5.48. The molecule has 3 aromatic rings.